The van der Waals surface area contributed by atoms with E-state index in [1.54, 1.807) is 23.5 Å². The van der Waals surface area contributed by atoms with Crippen LogP contribution < -0.4 is 5.32 Å². The summed E-state index contributed by atoms with van der Waals surface area (Å²) < 4.78 is 0. The topological polar surface area (TPSA) is 68.1 Å². The van der Waals surface area contributed by atoms with Crippen LogP contribution in [0.1, 0.15) is 29.2 Å². The second-order valence-corrected chi connectivity index (χ2v) is 5.79. The van der Waals surface area contributed by atoms with Crippen LogP contribution in [0.5, 0.6) is 0 Å². The molecule has 1 atom stereocenters. The number of hydrogen-bond acceptors (Lipinski definition) is 5. The molecule has 0 saturated carbocycles. The van der Waals surface area contributed by atoms with E-state index in [9.17, 15) is 10.1 Å². The summed E-state index contributed by atoms with van der Waals surface area (Å²) in [5.41, 5.74) is 1.63. The van der Waals surface area contributed by atoms with E-state index >= 15 is 0 Å². The Balaban J connectivity index is 2.09. The van der Waals surface area contributed by atoms with Crippen LogP contribution in [0.2, 0.25) is 5.02 Å². The van der Waals surface area contributed by atoms with Crippen molar-refractivity contribution in [2.45, 2.75) is 26.4 Å². The zero-order valence-corrected chi connectivity index (χ0v) is 12.7. The maximum Gasteiger partial charge on any atom is 0.275 e. The molecular weight excluding hydrogens is 298 g/mol. The maximum atomic E-state index is 11.0. The van der Waals surface area contributed by atoms with Crippen molar-refractivity contribution in [1.82, 2.24) is 10.3 Å². The molecule has 1 N–H and O–H groups in total. The van der Waals surface area contributed by atoms with Crippen LogP contribution in [0, 0.1) is 17.0 Å². The number of hydrogen-bond donors (Lipinski definition) is 1. The minimum atomic E-state index is -0.416. The molecule has 7 heteroatoms. The van der Waals surface area contributed by atoms with Gasteiger partial charge in [0.25, 0.3) is 5.69 Å². The van der Waals surface area contributed by atoms with Gasteiger partial charge < -0.3 is 5.32 Å². The summed E-state index contributed by atoms with van der Waals surface area (Å²) in [4.78, 5) is 15.0. The fourth-order valence-electron chi connectivity index (χ4n) is 1.78. The van der Waals surface area contributed by atoms with E-state index in [2.05, 4.69) is 10.3 Å². The van der Waals surface area contributed by atoms with Crippen LogP contribution in [0.25, 0.3) is 0 Å². The van der Waals surface area contributed by atoms with Crippen LogP contribution in [0.4, 0.5) is 5.69 Å². The molecule has 0 spiro atoms. The highest BCUT2D eigenvalue weighted by Crippen LogP contribution is 2.24. The Morgan fingerprint density at radius 3 is 2.90 bits per heavy atom. The molecule has 0 radical (unpaired) electrons. The molecule has 0 fully saturated rings. The minimum Gasteiger partial charge on any atom is -0.304 e. The molecule has 5 nitrogen and oxygen atoms in total. The molecule has 0 amide bonds. The van der Waals surface area contributed by atoms with Crippen molar-refractivity contribution in [3.8, 4) is 0 Å². The molecule has 2 rings (SSSR count). The number of aryl methyl sites for hydroxylation is 1. The molecule has 20 heavy (non-hydrogen) atoms. The van der Waals surface area contributed by atoms with Crippen LogP contribution in [-0.4, -0.2) is 9.91 Å². The Hall–Kier alpha value is -1.50. The second-order valence-electron chi connectivity index (χ2n) is 4.46. The maximum absolute atomic E-state index is 11.0. The number of halogens is 1. The van der Waals surface area contributed by atoms with Crippen LogP contribution in [0.3, 0.4) is 0 Å². The highest BCUT2D eigenvalue weighted by Gasteiger charge is 2.16. The fourth-order valence-corrected chi connectivity index (χ4v) is 2.77. The molecular formula is C13H14ClN3O2S. The van der Waals surface area contributed by atoms with Crippen molar-refractivity contribution in [3.05, 3.63) is 55.0 Å². The zero-order chi connectivity index (χ0) is 14.7. The summed E-state index contributed by atoms with van der Waals surface area (Å²) >= 11 is 7.37. The van der Waals surface area contributed by atoms with Crippen LogP contribution in [-0.2, 0) is 6.54 Å². The number of rotatable bonds is 5. The van der Waals surface area contributed by atoms with Crippen molar-refractivity contribution < 1.29 is 4.92 Å². The van der Waals surface area contributed by atoms with Gasteiger partial charge >= 0.3 is 0 Å². The van der Waals surface area contributed by atoms with Crippen LogP contribution in [0.15, 0.2) is 23.6 Å². The highest BCUT2D eigenvalue weighted by molar-refractivity contribution is 7.09. The van der Waals surface area contributed by atoms with Gasteiger partial charge in [-0.05, 0) is 26.0 Å². The van der Waals surface area contributed by atoms with E-state index in [1.807, 2.05) is 19.2 Å². The monoisotopic (exact) mass is 311 g/mol. The summed E-state index contributed by atoms with van der Waals surface area (Å²) in [7, 11) is 0. The van der Waals surface area contributed by atoms with Gasteiger partial charge in [0.15, 0.2) is 0 Å². The zero-order valence-electron chi connectivity index (χ0n) is 11.1. The molecule has 0 aliphatic heterocycles. The minimum absolute atomic E-state index is 0.0347. The standard InChI is InChI=1S/C13H14ClN3O2S/c1-8-7-20-13(16-8)9(2)15-6-10-3-4-11(14)5-12(10)17(18)19/h3-5,7,9,15H,6H2,1-2H3. The van der Waals surface area contributed by atoms with E-state index in [4.69, 9.17) is 11.6 Å². The first-order valence-corrected chi connectivity index (χ1v) is 7.31. The highest BCUT2D eigenvalue weighted by atomic mass is 35.5. The Morgan fingerprint density at radius 2 is 2.30 bits per heavy atom. The number of aromatic nitrogens is 1. The number of nitro groups is 1. The van der Waals surface area contributed by atoms with Gasteiger partial charge in [0.1, 0.15) is 5.01 Å². The fraction of sp³-hybridized carbons (Fsp3) is 0.308. The summed E-state index contributed by atoms with van der Waals surface area (Å²) in [6.07, 6.45) is 0. The molecule has 0 aliphatic carbocycles. The molecule has 0 bridgehead atoms. The van der Waals surface area contributed by atoms with Gasteiger partial charge in [-0.1, -0.05) is 11.6 Å². The Morgan fingerprint density at radius 1 is 1.55 bits per heavy atom. The van der Waals surface area contributed by atoms with Crippen molar-refractivity contribution in [3.63, 3.8) is 0 Å². The van der Waals surface area contributed by atoms with Gasteiger partial charge in [0, 0.05) is 34.3 Å². The number of nitrogens with zero attached hydrogens (tertiary/aromatic N) is 2. The van der Waals surface area contributed by atoms with Crippen molar-refractivity contribution in [1.29, 1.82) is 0 Å². The average molecular weight is 312 g/mol. The summed E-state index contributed by atoms with van der Waals surface area (Å²) in [6, 6.07) is 4.75. The quantitative estimate of drug-likeness (QED) is 0.672. The smallest absolute Gasteiger partial charge is 0.275 e. The van der Waals surface area contributed by atoms with Gasteiger partial charge in [-0.25, -0.2) is 4.98 Å². The lowest BCUT2D eigenvalue weighted by Crippen LogP contribution is -2.18. The third-order valence-corrected chi connectivity index (χ3v) is 4.23. The normalized spacial score (nSPS) is 12.3. The molecule has 0 aliphatic rings. The van der Waals surface area contributed by atoms with E-state index < -0.39 is 4.92 Å². The van der Waals surface area contributed by atoms with Gasteiger partial charge in [0.2, 0.25) is 0 Å². The van der Waals surface area contributed by atoms with Gasteiger partial charge in [-0.15, -0.1) is 11.3 Å². The van der Waals surface area contributed by atoms with Crippen molar-refractivity contribution in [2.75, 3.05) is 0 Å². The number of thiazole rings is 1. The third kappa shape index (κ3) is 3.53. The van der Waals surface area contributed by atoms with Gasteiger partial charge in [-0.2, -0.15) is 0 Å². The third-order valence-electron chi connectivity index (χ3n) is 2.85. The molecule has 106 valence electrons. The van der Waals surface area contributed by atoms with E-state index in [0.29, 0.717) is 17.1 Å². The van der Waals surface area contributed by atoms with Crippen LogP contribution >= 0.6 is 22.9 Å². The van der Waals surface area contributed by atoms with Gasteiger partial charge in [0.05, 0.1) is 11.0 Å². The first-order valence-electron chi connectivity index (χ1n) is 6.05. The second kappa shape index (κ2) is 6.30. The number of benzene rings is 1. The Labute approximate surface area is 125 Å². The van der Waals surface area contributed by atoms with Crippen molar-refractivity contribution in [2.24, 2.45) is 0 Å². The Kier molecular flexibility index (Phi) is 4.69. The molecule has 1 aromatic carbocycles. The lowest BCUT2D eigenvalue weighted by Gasteiger charge is -2.11. The molecule has 1 heterocycles. The molecule has 1 unspecified atom stereocenters. The summed E-state index contributed by atoms with van der Waals surface area (Å²) in [5, 5.41) is 17.6. The molecule has 0 saturated heterocycles. The predicted octanol–water partition coefficient (Wildman–Crippen LogP) is 3.86. The van der Waals surface area contributed by atoms with Gasteiger partial charge in [-0.3, -0.25) is 10.1 Å². The predicted molar refractivity (Wildman–Crippen MR) is 80.2 cm³/mol. The lowest BCUT2D eigenvalue weighted by atomic mass is 10.1. The van der Waals surface area contributed by atoms with Crippen molar-refractivity contribution >= 4 is 28.6 Å². The summed E-state index contributed by atoms with van der Waals surface area (Å²) in [5.74, 6) is 0. The first kappa shape index (κ1) is 14.9. The number of nitro benzene ring substituents is 1. The largest absolute Gasteiger partial charge is 0.304 e. The first-order chi connectivity index (χ1) is 9.47. The van der Waals surface area contributed by atoms with E-state index in [0.717, 1.165) is 10.7 Å². The lowest BCUT2D eigenvalue weighted by molar-refractivity contribution is -0.385. The van der Waals surface area contributed by atoms with E-state index in [1.165, 1.54) is 6.07 Å². The Bertz CT molecular complexity index is 630. The number of nitrogens with one attached hydrogen (secondary N) is 1. The van der Waals surface area contributed by atoms with E-state index in [-0.39, 0.29) is 11.7 Å². The molecule has 1 aromatic heterocycles. The SMILES string of the molecule is Cc1csc(C(C)NCc2ccc(Cl)cc2[N+](=O)[O-])n1. The molecule has 2 aromatic rings. The summed E-state index contributed by atoms with van der Waals surface area (Å²) in [6.45, 7) is 4.32. The average Bonchev–Trinajstić information content (AvgIpc) is 2.83.